The highest BCUT2D eigenvalue weighted by Gasteiger charge is 1.99. The van der Waals surface area contributed by atoms with E-state index in [0.29, 0.717) is 6.61 Å². The summed E-state index contributed by atoms with van der Waals surface area (Å²) in [5.41, 5.74) is 3.58. The number of hydrogen-bond donors (Lipinski definition) is 1. The van der Waals surface area contributed by atoms with E-state index in [1.165, 1.54) is 11.1 Å². The zero-order valence-corrected chi connectivity index (χ0v) is 9.08. The zero-order valence-electron chi connectivity index (χ0n) is 9.08. The van der Waals surface area contributed by atoms with Crippen LogP contribution in [0, 0.1) is 6.92 Å². The van der Waals surface area contributed by atoms with Gasteiger partial charge in [0.2, 0.25) is 0 Å². The van der Waals surface area contributed by atoms with Gasteiger partial charge in [0.05, 0.1) is 6.61 Å². The Hall–Kier alpha value is -1.70. The highest BCUT2D eigenvalue weighted by molar-refractivity contribution is 5.61. The smallest absolute Gasteiger partial charge is 0.119 e. The number of nitrogens with one attached hydrogen (secondary N) is 1. The number of aromatic amines is 1. The molecule has 2 aromatic rings. The fraction of sp³-hybridized carbons (Fsp3) is 0.231. The van der Waals surface area contributed by atoms with Crippen LogP contribution in [0.3, 0.4) is 0 Å². The predicted molar refractivity (Wildman–Crippen MR) is 62.1 cm³/mol. The third-order valence-electron chi connectivity index (χ3n) is 2.30. The summed E-state index contributed by atoms with van der Waals surface area (Å²) in [6.45, 7) is 4.78. The summed E-state index contributed by atoms with van der Waals surface area (Å²) in [7, 11) is 0. The van der Waals surface area contributed by atoms with Crippen LogP contribution < -0.4 is 4.74 Å². The Kier molecular flexibility index (Phi) is 2.77. The Bertz CT molecular complexity index is 428. The molecule has 0 bridgehead atoms. The van der Waals surface area contributed by atoms with Crippen LogP contribution >= 0.6 is 0 Å². The van der Waals surface area contributed by atoms with E-state index in [0.717, 1.165) is 11.4 Å². The fourth-order valence-corrected chi connectivity index (χ4v) is 1.57. The Morgan fingerprint density at radius 1 is 1.20 bits per heavy atom. The first-order valence-electron chi connectivity index (χ1n) is 5.18. The van der Waals surface area contributed by atoms with Crippen molar-refractivity contribution in [1.82, 2.24) is 4.98 Å². The molecule has 0 saturated heterocycles. The van der Waals surface area contributed by atoms with Gasteiger partial charge in [-0.2, -0.15) is 0 Å². The predicted octanol–water partition coefficient (Wildman–Crippen LogP) is 3.39. The van der Waals surface area contributed by atoms with Crippen LogP contribution in [0.5, 0.6) is 5.75 Å². The van der Waals surface area contributed by atoms with Crippen molar-refractivity contribution in [1.29, 1.82) is 0 Å². The largest absolute Gasteiger partial charge is 0.494 e. The number of ether oxygens (including phenoxy) is 1. The lowest BCUT2D eigenvalue weighted by molar-refractivity contribution is 0.340. The number of benzene rings is 1. The molecule has 0 atom stereocenters. The topological polar surface area (TPSA) is 25.0 Å². The van der Waals surface area contributed by atoms with Crippen molar-refractivity contribution in [3.05, 3.63) is 42.1 Å². The van der Waals surface area contributed by atoms with Crippen molar-refractivity contribution in [2.75, 3.05) is 6.61 Å². The molecule has 1 aromatic heterocycles. The lowest BCUT2D eigenvalue weighted by Gasteiger charge is -2.03. The second-order valence-corrected chi connectivity index (χ2v) is 3.55. The van der Waals surface area contributed by atoms with Crippen molar-refractivity contribution in [2.24, 2.45) is 0 Å². The number of H-pyrrole nitrogens is 1. The van der Waals surface area contributed by atoms with Gasteiger partial charge in [-0.1, -0.05) is 0 Å². The maximum Gasteiger partial charge on any atom is 0.119 e. The molecule has 2 heteroatoms. The third kappa shape index (κ3) is 2.21. The van der Waals surface area contributed by atoms with Gasteiger partial charge in [0.15, 0.2) is 0 Å². The van der Waals surface area contributed by atoms with Gasteiger partial charge in [0.25, 0.3) is 0 Å². The van der Waals surface area contributed by atoms with E-state index in [9.17, 15) is 0 Å². The van der Waals surface area contributed by atoms with Gasteiger partial charge in [0, 0.05) is 11.9 Å². The summed E-state index contributed by atoms with van der Waals surface area (Å²) in [4.78, 5) is 3.23. The van der Waals surface area contributed by atoms with Gasteiger partial charge >= 0.3 is 0 Å². The second-order valence-electron chi connectivity index (χ2n) is 3.55. The second kappa shape index (κ2) is 4.22. The van der Waals surface area contributed by atoms with Gasteiger partial charge in [0.1, 0.15) is 5.75 Å². The summed E-state index contributed by atoms with van der Waals surface area (Å²) in [6.07, 6.45) is 2.01. The monoisotopic (exact) mass is 201 g/mol. The van der Waals surface area contributed by atoms with Crippen LogP contribution in [0.2, 0.25) is 0 Å². The summed E-state index contributed by atoms with van der Waals surface area (Å²) < 4.78 is 5.39. The van der Waals surface area contributed by atoms with Gasteiger partial charge in [-0.15, -0.1) is 0 Å². The molecule has 1 N–H and O–H groups in total. The zero-order chi connectivity index (χ0) is 10.7. The molecule has 0 fully saturated rings. The van der Waals surface area contributed by atoms with Crippen LogP contribution in [0.15, 0.2) is 36.5 Å². The minimum Gasteiger partial charge on any atom is -0.494 e. The van der Waals surface area contributed by atoms with Gasteiger partial charge < -0.3 is 9.72 Å². The summed E-state index contributed by atoms with van der Waals surface area (Å²) >= 11 is 0. The minimum atomic E-state index is 0.709. The normalized spacial score (nSPS) is 10.3. The lowest BCUT2D eigenvalue weighted by atomic mass is 10.1. The number of rotatable bonds is 3. The van der Waals surface area contributed by atoms with Crippen molar-refractivity contribution in [3.63, 3.8) is 0 Å². The maximum atomic E-state index is 5.39. The molecule has 1 aromatic carbocycles. The molecule has 0 aliphatic heterocycles. The molecule has 0 unspecified atom stereocenters. The average molecular weight is 201 g/mol. The minimum absolute atomic E-state index is 0.709. The standard InChI is InChI=1S/C13H15NO/c1-3-15-12-6-4-11(5-7-12)13-8-10(2)9-14-13/h4-9,14H,3H2,1-2H3. The Morgan fingerprint density at radius 2 is 1.93 bits per heavy atom. The van der Waals surface area contributed by atoms with Crippen molar-refractivity contribution in [2.45, 2.75) is 13.8 Å². The first-order chi connectivity index (χ1) is 7.29. The summed E-state index contributed by atoms with van der Waals surface area (Å²) in [5, 5.41) is 0. The molecular formula is C13H15NO. The average Bonchev–Trinajstić information content (AvgIpc) is 2.67. The lowest BCUT2D eigenvalue weighted by Crippen LogP contribution is -1.90. The Morgan fingerprint density at radius 3 is 2.47 bits per heavy atom. The highest BCUT2D eigenvalue weighted by atomic mass is 16.5. The van der Waals surface area contributed by atoms with Gasteiger partial charge in [-0.05, 0) is 55.3 Å². The third-order valence-corrected chi connectivity index (χ3v) is 2.30. The van der Waals surface area contributed by atoms with Crippen molar-refractivity contribution in [3.8, 4) is 17.0 Å². The van der Waals surface area contributed by atoms with Crippen LogP contribution in [0.1, 0.15) is 12.5 Å². The molecule has 0 radical (unpaired) electrons. The first-order valence-corrected chi connectivity index (χ1v) is 5.18. The SMILES string of the molecule is CCOc1ccc(-c2cc(C)c[nH]2)cc1. The first kappa shape index (κ1) is 9.84. The van der Waals surface area contributed by atoms with E-state index in [-0.39, 0.29) is 0 Å². The summed E-state index contributed by atoms with van der Waals surface area (Å²) in [6, 6.07) is 10.3. The molecule has 0 aliphatic rings. The highest BCUT2D eigenvalue weighted by Crippen LogP contribution is 2.21. The van der Waals surface area contributed by atoms with Crippen molar-refractivity contribution >= 4 is 0 Å². The summed E-state index contributed by atoms with van der Waals surface area (Å²) in [5.74, 6) is 0.921. The Labute approximate surface area is 89.9 Å². The number of aryl methyl sites for hydroxylation is 1. The number of hydrogen-bond acceptors (Lipinski definition) is 1. The molecule has 2 rings (SSSR count). The molecule has 15 heavy (non-hydrogen) atoms. The van der Waals surface area contributed by atoms with Gasteiger partial charge in [-0.25, -0.2) is 0 Å². The molecular weight excluding hydrogens is 186 g/mol. The molecule has 0 spiro atoms. The van der Waals surface area contributed by atoms with E-state index in [2.05, 4.69) is 30.1 Å². The van der Waals surface area contributed by atoms with Gasteiger partial charge in [-0.3, -0.25) is 0 Å². The quantitative estimate of drug-likeness (QED) is 0.809. The van der Waals surface area contributed by atoms with E-state index >= 15 is 0 Å². The van der Waals surface area contributed by atoms with Crippen LogP contribution in [-0.2, 0) is 0 Å². The number of aromatic nitrogens is 1. The van der Waals surface area contributed by atoms with E-state index in [4.69, 9.17) is 4.74 Å². The van der Waals surface area contributed by atoms with E-state index < -0.39 is 0 Å². The van der Waals surface area contributed by atoms with Crippen LogP contribution in [0.25, 0.3) is 11.3 Å². The molecule has 0 amide bonds. The molecule has 2 nitrogen and oxygen atoms in total. The fourth-order valence-electron chi connectivity index (χ4n) is 1.57. The van der Waals surface area contributed by atoms with Crippen LogP contribution in [0.4, 0.5) is 0 Å². The van der Waals surface area contributed by atoms with E-state index in [1.54, 1.807) is 0 Å². The Balaban J connectivity index is 2.23. The van der Waals surface area contributed by atoms with Crippen molar-refractivity contribution < 1.29 is 4.74 Å². The van der Waals surface area contributed by atoms with Crippen LogP contribution in [-0.4, -0.2) is 11.6 Å². The molecule has 78 valence electrons. The molecule has 0 aliphatic carbocycles. The maximum absolute atomic E-state index is 5.39. The van der Waals surface area contributed by atoms with E-state index in [1.807, 2.05) is 25.3 Å². The molecule has 0 saturated carbocycles. The molecule has 1 heterocycles.